The van der Waals surface area contributed by atoms with Crippen LogP contribution in [0.15, 0.2) is 48.5 Å². The minimum Gasteiger partial charge on any atom is -0.494 e. The van der Waals surface area contributed by atoms with Gasteiger partial charge in [0.25, 0.3) is 11.8 Å². The van der Waals surface area contributed by atoms with Crippen molar-refractivity contribution in [2.75, 3.05) is 11.9 Å². The Hall–Kier alpha value is -2.82. The van der Waals surface area contributed by atoms with Gasteiger partial charge in [0.05, 0.1) is 17.9 Å². The molecule has 5 nitrogen and oxygen atoms in total. The number of hydrogen-bond acceptors (Lipinski definition) is 3. The number of rotatable bonds is 6. The molecule has 5 heteroatoms. The summed E-state index contributed by atoms with van der Waals surface area (Å²) in [5.41, 5.74) is 1.41. The van der Waals surface area contributed by atoms with Crippen LogP contribution in [0.25, 0.3) is 0 Å². The van der Waals surface area contributed by atoms with E-state index in [1.807, 2.05) is 20.8 Å². The van der Waals surface area contributed by atoms with Gasteiger partial charge < -0.3 is 15.4 Å². The molecule has 0 saturated carbocycles. The third kappa shape index (κ3) is 4.59. The van der Waals surface area contributed by atoms with Crippen molar-refractivity contribution in [1.82, 2.24) is 5.32 Å². The molecule has 0 bridgehead atoms. The van der Waals surface area contributed by atoms with Crippen LogP contribution < -0.4 is 15.4 Å². The Bertz CT molecular complexity index is 709. The van der Waals surface area contributed by atoms with Crippen molar-refractivity contribution in [2.24, 2.45) is 0 Å². The number of nitrogens with one attached hydrogen (secondary N) is 2. The maximum atomic E-state index is 12.4. The second kappa shape index (κ2) is 8.15. The minimum atomic E-state index is -0.275. The average molecular weight is 326 g/mol. The Kier molecular flexibility index (Phi) is 5.95. The number of ether oxygens (including phenoxy) is 1. The Morgan fingerprint density at radius 1 is 1.00 bits per heavy atom. The lowest BCUT2D eigenvalue weighted by Crippen LogP contribution is -2.31. The van der Waals surface area contributed by atoms with Crippen LogP contribution in [0.3, 0.4) is 0 Å². The van der Waals surface area contributed by atoms with Gasteiger partial charge >= 0.3 is 0 Å². The predicted molar refractivity (Wildman–Crippen MR) is 94.6 cm³/mol. The van der Waals surface area contributed by atoms with E-state index in [0.29, 0.717) is 29.2 Å². The summed E-state index contributed by atoms with van der Waals surface area (Å²) < 4.78 is 5.36. The lowest BCUT2D eigenvalue weighted by atomic mass is 10.1. The maximum Gasteiger partial charge on any atom is 0.255 e. The van der Waals surface area contributed by atoms with E-state index < -0.39 is 0 Å². The maximum absolute atomic E-state index is 12.4. The van der Waals surface area contributed by atoms with E-state index in [1.54, 1.807) is 48.5 Å². The highest BCUT2D eigenvalue weighted by molar-refractivity contribution is 6.09. The summed E-state index contributed by atoms with van der Waals surface area (Å²) in [6.07, 6.45) is 0. The molecule has 2 N–H and O–H groups in total. The van der Waals surface area contributed by atoms with Gasteiger partial charge in [-0.15, -0.1) is 0 Å². The number of para-hydroxylation sites is 1. The molecule has 0 unspecified atom stereocenters. The number of carbonyl (C=O) groups is 2. The molecule has 0 aliphatic carbocycles. The van der Waals surface area contributed by atoms with Crippen LogP contribution in [0.5, 0.6) is 5.75 Å². The van der Waals surface area contributed by atoms with Crippen molar-refractivity contribution in [3.8, 4) is 5.75 Å². The van der Waals surface area contributed by atoms with E-state index in [0.717, 1.165) is 0 Å². The highest BCUT2D eigenvalue weighted by Crippen LogP contribution is 2.18. The molecule has 0 aromatic heterocycles. The Balaban J connectivity index is 2.15. The lowest BCUT2D eigenvalue weighted by Gasteiger charge is -2.13. The summed E-state index contributed by atoms with van der Waals surface area (Å²) in [6, 6.07) is 13.8. The first-order chi connectivity index (χ1) is 11.5. The first kappa shape index (κ1) is 17.5. The van der Waals surface area contributed by atoms with E-state index in [9.17, 15) is 9.59 Å². The van der Waals surface area contributed by atoms with Crippen molar-refractivity contribution >= 4 is 17.5 Å². The van der Waals surface area contributed by atoms with Crippen molar-refractivity contribution in [1.29, 1.82) is 0 Å². The molecule has 24 heavy (non-hydrogen) atoms. The van der Waals surface area contributed by atoms with Gasteiger partial charge in [-0.1, -0.05) is 12.1 Å². The molecular formula is C19H22N2O3. The van der Waals surface area contributed by atoms with Gasteiger partial charge in [-0.25, -0.2) is 0 Å². The fraction of sp³-hybridized carbons (Fsp3) is 0.263. The van der Waals surface area contributed by atoms with Gasteiger partial charge in [0.15, 0.2) is 0 Å². The SMILES string of the molecule is CCOc1ccc(C(=O)Nc2ccccc2C(=O)NC(C)C)cc1. The summed E-state index contributed by atoms with van der Waals surface area (Å²) in [6.45, 7) is 6.25. The van der Waals surface area contributed by atoms with Crippen LogP contribution in [0.4, 0.5) is 5.69 Å². The number of benzene rings is 2. The standard InChI is InChI=1S/C19H22N2O3/c1-4-24-15-11-9-14(10-12-15)18(22)21-17-8-6-5-7-16(17)19(23)20-13(2)3/h5-13H,4H2,1-3H3,(H,20,23)(H,21,22). The zero-order valence-corrected chi connectivity index (χ0v) is 14.1. The molecule has 2 rings (SSSR count). The zero-order valence-electron chi connectivity index (χ0n) is 14.1. The quantitative estimate of drug-likeness (QED) is 0.854. The second-order valence-corrected chi connectivity index (χ2v) is 5.59. The first-order valence-corrected chi connectivity index (χ1v) is 7.95. The van der Waals surface area contributed by atoms with Crippen molar-refractivity contribution in [3.63, 3.8) is 0 Å². The van der Waals surface area contributed by atoms with E-state index in [4.69, 9.17) is 4.74 Å². The first-order valence-electron chi connectivity index (χ1n) is 7.95. The Morgan fingerprint density at radius 2 is 1.67 bits per heavy atom. The monoisotopic (exact) mass is 326 g/mol. The zero-order chi connectivity index (χ0) is 17.5. The molecule has 0 aliphatic heterocycles. The molecule has 0 heterocycles. The molecule has 0 atom stereocenters. The van der Waals surface area contributed by atoms with Crippen LogP contribution in [-0.4, -0.2) is 24.5 Å². The molecule has 0 aliphatic rings. The van der Waals surface area contributed by atoms with Crippen molar-refractivity contribution < 1.29 is 14.3 Å². The van der Waals surface area contributed by atoms with E-state index in [2.05, 4.69) is 10.6 Å². The molecule has 0 radical (unpaired) electrons. The molecule has 2 aromatic carbocycles. The van der Waals surface area contributed by atoms with Crippen molar-refractivity contribution in [2.45, 2.75) is 26.8 Å². The minimum absolute atomic E-state index is 0.0207. The van der Waals surface area contributed by atoms with Crippen LogP contribution in [0, 0.1) is 0 Å². The normalized spacial score (nSPS) is 10.3. The fourth-order valence-electron chi connectivity index (χ4n) is 2.19. The third-order valence-corrected chi connectivity index (χ3v) is 3.27. The van der Waals surface area contributed by atoms with E-state index in [-0.39, 0.29) is 17.9 Å². The topological polar surface area (TPSA) is 67.4 Å². The molecule has 2 aromatic rings. The van der Waals surface area contributed by atoms with Crippen molar-refractivity contribution in [3.05, 3.63) is 59.7 Å². The summed E-state index contributed by atoms with van der Waals surface area (Å²) in [5, 5.41) is 5.62. The number of amides is 2. The van der Waals surface area contributed by atoms with Crippen LogP contribution in [-0.2, 0) is 0 Å². The number of carbonyl (C=O) groups excluding carboxylic acids is 2. The van der Waals surface area contributed by atoms with Crippen LogP contribution in [0.2, 0.25) is 0 Å². The third-order valence-electron chi connectivity index (χ3n) is 3.27. The molecular weight excluding hydrogens is 304 g/mol. The van der Waals surface area contributed by atoms with Gasteiger partial charge in [-0.2, -0.15) is 0 Å². The van der Waals surface area contributed by atoms with Gasteiger partial charge in [0.2, 0.25) is 0 Å². The Morgan fingerprint density at radius 3 is 2.29 bits per heavy atom. The van der Waals surface area contributed by atoms with E-state index >= 15 is 0 Å². The molecule has 126 valence electrons. The summed E-state index contributed by atoms with van der Waals surface area (Å²) >= 11 is 0. The molecule has 0 fully saturated rings. The highest BCUT2D eigenvalue weighted by atomic mass is 16.5. The molecule has 0 spiro atoms. The lowest BCUT2D eigenvalue weighted by molar-refractivity contribution is 0.0944. The van der Waals surface area contributed by atoms with E-state index in [1.165, 1.54) is 0 Å². The Labute approximate surface area is 142 Å². The highest BCUT2D eigenvalue weighted by Gasteiger charge is 2.14. The number of anilines is 1. The predicted octanol–water partition coefficient (Wildman–Crippen LogP) is 3.48. The largest absolute Gasteiger partial charge is 0.494 e. The van der Waals surface area contributed by atoms with Gasteiger partial charge in [0, 0.05) is 11.6 Å². The van der Waals surface area contributed by atoms with Gasteiger partial charge in [-0.3, -0.25) is 9.59 Å². The fourth-order valence-corrected chi connectivity index (χ4v) is 2.19. The van der Waals surface area contributed by atoms with Crippen LogP contribution in [0.1, 0.15) is 41.5 Å². The summed E-state index contributed by atoms with van der Waals surface area (Å²) in [7, 11) is 0. The van der Waals surface area contributed by atoms with Crippen LogP contribution >= 0.6 is 0 Å². The summed E-state index contributed by atoms with van der Waals surface area (Å²) in [5.74, 6) is 0.223. The average Bonchev–Trinajstić information content (AvgIpc) is 2.55. The molecule has 0 saturated heterocycles. The molecule has 2 amide bonds. The van der Waals surface area contributed by atoms with Gasteiger partial charge in [0.1, 0.15) is 5.75 Å². The number of hydrogen-bond donors (Lipinski definition) is 2. The smallest absolute Gasteiger partial charge is 0.255 e. The van der Waals surface area contributed by atoms with Gasteiger partial charge in [-0.05, 0) is 57.2 Å². The summed E-state index contributed by atoms with van der Waals surface area (Å²) in [4.78, 5) is 24.6. The second-order valence-electron chi connectivity index (χ2n) is 5.59.